The molecule has 21 heavy (non-hydrogen) atoms. The average molecular weight is 308 g/mol. The topological polar surface area (TPSA) is 21.3 Å². The van der Waals surface area contributed by atoms with Crippen molar-refractivity contribution in [3.8, 4) is 5.75 Å². The zero-order chi connectivity index (χ0) is 15.4. The molecule has 112 valence electrons. The zero-order valence-corrected chi connectivity index (χ0v) is 13.2. The molecule has 2 aromatic carbocycles. The van der Waals surface area contributed by atoms with E-state index in [2.05, 4.69) is 18.3 Å². The van der Waals surface area contributed by atoms with Crippen molar-refractivity contribution in [2.75, 3.05) is 7.05 Å². The fourth-order valence-electron chi connectivity index (χ4n) is 2.06. The molecule has 0 saturated heterocycles. The van der Waals surface area contributed by atoms with E-state index in [1.165, 1.54) is 11.6 Å². The van der Waals surface area contributed by atoms with E-state index in [9.17, 15) is 4.39 Å². The summed E-state index contributed by atoms with van der Waals surface area (Å²) in [5, 5.41) is 3.32. The van der Waals surface area contributed by atoms with E-state index >= 15 is 0 Å². The molecular formula is C17H19ClFNO. The van der Waals surface area contributed by atoms with Gasteiger partial charge in [-0.05, 0) is 55.8 Å². The maximum Gasteiger partial charge on any atom is 0.141 e. The lowest BCUT2D eigenvalue weighted by molar-refractivity contribution is 0.304. The van der Waals surface area contributed by atoms with Gasteiger partial charge < -0.3 is 10.1 Å². The van der Waals surface area contributed by atoms with Crippen molar-refractivity contribution in [2.45, 2.75) is 26.5 Å². The summed E-state index contributed by atoms with van der Waals surface area (Å²) < 4.78 is 18.9. The van der Waals surface area contributed by atoms with Crippen LogP contribution in [0.4, 0.5) is 4.39 Å². The highest BCUT2D eigenvalue weighted by Crippen LogP contribution is 2.24. The Bertz CT molecular complexity index is 630. The summed E-state index contributed by atoms with van der Waals surface area (Å²) in [6.07, 6.45) is 0. The Labute approximate surface area is 129 Å². The van der Waals surface area contributed by atoms with Gasteiger partial charge in [-0.25, -0.2) is 4.39 Å². The Hall–Kier alpha value is -1.58. The van der Waals surface area contributed by atoms with E-state index in [4.69, 9.17) is 16.3 Å². The molecule has 1 N–H and O–H groups in total. The van der Waals surface area contributed by atoms with Crippen LogP contribution in [-0.2, 0) is 6.61 Å². The lowest BCUT2D eigenvalue weighted by Gasteiger charge is -2.14. The third-order valence-corrected chi connectivity index (χ3v) is 3.80. The van der Waals surface area contributed by atoms with Crippen molar-refractivity contribution in [3.05, 3.63) is 63.9 Å². The van der Waals surface area contributed by atoms with Gasteiger partial charge in [0, 0.05) is 6.04 Å². The molecule has 0 aliphatic rings. The first-order chi connectivity index (χ1) is 10.0. The third-order valence-electron chi connectivity index (χ3n) is 3.51. The van der Waals surface area contributed by atoms with Crippen molar-refractivity contribution in [3.63, 3.8) is 0 Å². The lowest BCUT2D eigenvalue weighted by atomic mass is 10.1. The summed E-state index contributed by atoms with van der Waals surface area (Å²) in [7, 11) is 1.93. The minimum Gasteiger partial charge on any atom is -0.489 e. The molecule has 0 amide bonds. The normalized spacial score (nSPS) is 12.2. The van der Waals surface area contributed by atoms with Crippen LogP contribution in [0.1, 0.15) is 29.7 Å². The second-order valence-electron chi connectivity index (χ2n) is 5.07. The first-order valence-corrected chi connectivity index (χ1v) is 7.23. The van der Waals surface area contributed by atoms with Crippen LogP contribution in [0.3, 0.4) is 0 Å². The van der Waals surface area contributed by atoms with Crippen LogP contribution in [0, 0.1) is 12.7 Å². The van der Waals surface area contributed by atoms with Gasteiger partial charge in [-0.2, -0.15) is 0 Å². The molecule has 1 unspecified atom stereocenters. The fourth-order valence-corrected chi connectivity index (χ4v) is 2.26. The standard InChI is InChI=1S/C17H19ClFNO/c1-11-8-14(12(2)20-3)5-7-17(11)21-10-13-4-6-16(19)15(18)9-13/h4-9,12,20H,10H2,1-3H3. The number of ether oxygens (including phenoxy) is 1. The quantitative estimate of drug-likeness (QED) is 0.868. The molecule has 0 bridgehead atoms. The minimum atomic E-state index is -0.415. The van der Waals surface area contributed by atoms with Gasteiger partial charge in [0.05, 0.1) is 5.02 Å². The molecule has 0 aromatic heterocycles. The first-order valence-electron chi connectivity index (χ1n) is 6.86. The molecule has 0 radical (unpaired) electrons. The summed E-state index contributed by atoms with van der Waals surface area (Å²) in [5.41, 5.74) is 3.13. The molecule has 0 saturated carbocycles. The number of benzene rings is 2. The number of hydrogen-bond donors (Lipinski definition) is 1. The van der Waals surface area contributed by atoms with Crippen LogP contribution in [0.2, 0.25) is 5.02 Å². The summed E-state index contributed by atoms with van der Waals surface area (Å²) in [6, 6.07) is 11.0. The Kier molecular flexibility index (Phi) is 5.21. The number of halogens is 2. The highest BCUT2D eigenvalue weighted by Gasteiger charge is 2.07. The van der Waals surface area contributed by atoms with E-state index in [-0.39, 0.29) is 5.02 Å². The van der Waals surface area contributed by atoms with Gasteiger partial charge in [-0.15, -0.1) is 0 Å². The minimum absolute atomic E-state index is 0.117. The van der Waals surface area contributed by atoms with Crippen LogP contribution >= 0.6 is 11.6 Å². The van der Waals surface area contributed by atoms with Gasteiger partial charge in [0.1, 0.15) is 18.2 Å². The molecule has 2 aromatic rings. The molecular weight excluding hydrogens is 289 g/mol. The van der Waals surface area contributed by atoms with Gasteiger partial charge in [0.25, 0.3) is 0 Å². The van der Waals surface area contributed by atoms with Crippen molar-refractivity contribution >= 4 is 11.6 Å². The fraction of sp³-hybridized carbons (Fsp3) is 0.294. The molecule has 1 atom stereocenters. The predicted molar refractivity (Wildman–Crippen MR) is 84.4 cm³/mol. The zero-order valence-electron chi connectivity index (χ0n) is 12.4. The maximum absolute atomic E-state index is 13.1. The smallest absolute Gasteiger partial charge is 0.141 e. The molecule has 0 aliphatic heterocycles. The predicted octanol–water partition coefficient (Wildman–Crippen LogP) is 4.65. The number of aryl methyl sites for hydroxylation is 1. The molecule has 4 heteroatoms. The van der Waals surface area contributed by atoms with E-state index in [0.29, 0.717) is 12.6 Å². The van der Waals surface area contributed by atoms with Gasteiger partial charge in [0.15, 0.2) is 0 Å². The first kappa shape index (κ1) is 15.8. The van der Waals surface area contributed by atoms with Crippen LogP contribution in [0.15, 0.2) is 36.4 Å². The summed E-state index contributed by atoms with van der Waals surface area (Å²) in [4.78, 5) is 0. The highest BCUT2D eigenvalue weighted by molar-refractivity contribution is 6.30. The monoisotopic (exact) mass is 307 g/mol. The molecule has 0 fully saturated rings. The number of nitrogens with one attached hydrogen (secondary N) is 1. The Morgan fingerprint density at radius 2 is 2.00 bits per heavy atom. The van der Waals surface area contributed by atoms with Gasteiger partial charge in [-0.3, -0.25) is 0 Å². The molecule has 0 aliphatic carbocycles. The Balaban J connectivity index is 2.07. The van der Waals surface area contributed by atoms with E-state index in [1.807, 2.05) is 26.1 Å². The van der Waals surface area contributed by atoms with Crippen LogP contribution < -0.4 is 10.1 Å². The van der Waals surface area contributed by atoms with E-state index < -0.39 is 5.82 Å². The summed E-state index contributed by atoms with van der Waals surface area (Å²) in [5.74, 6) is 0.407. The molecule has 0 heterocycles. The second kappa shape index (κ2) is 6.92. The van der Waals surface area contributed by atoms with Gasteiger partial charge in [0.2, 0.25) is 0 Å². The maximum atomic E-state index is 13.1. The summed E-state index contributed by atoms with van der Waals surface area (Å²) >= 11 is 5.76. The van der Waals surface area contributed by atoms with Crippen molar-refractivity contribution < 1.29 is 9.13 Å². The van der Waals surface area contributed by atoms with Crippen molar-refractivity contribution in [2.24, 2.45) is 0 Å². The lowest BCUT2D eigenvalue weighted by Crippen LogP contribution is -2.12. The SMILES string of the molecule is CNC(C)c1ccc(OCc2ccc(F)c(Cl)c2)c(C)c1. The highest BCUT2D eigenvalue weighted by atomic mass is 35.5. The summed E-state index contributed by atoms with van der Waals surface area (Å²) in [6.45, 7) is 4.48. The van der Waals surface area contributed by atoms with Gasteiger partial charge in [-0.1, -0.05) is 29.8 Å². The molecule has 2 rings (SSSR count). The second-order valence-corrected chi connectivity index (χ2v) is 5.48. The van der Waals surface area contributed by atoms with Gasteiger partial charge >= 0.3 is 0 Å². The van der Waals surface area contributed by atoms with E-state index in [1.54, 1.807) is 12.1 Å². The third kappa shape index (κ3) is 3.96. The molecule has 0 spiro atoms. The van der Waals surface area contributed by atoms with Crippen LogP contribution in [0.25, 0.3) is 0 Å². The van der Waals surface area contributed by atoms with Crippen LogP contribution in [0.5, 0.6) is 5.75 Å². The van der Waals surface area contributed by atoms with Crippen LogP contribution in [-0.4, -0.2) is 7.05 Å². The number of rotatable bonds is 5. The molecule has 2 nitrogen and oxygen atoms in total. The largest absolute Gasteiger partial charge is 0.489 e. The van der Waals surface area contributed by atoms with Crippen molar-refractivity contribution in [1.29, 1.82) is 0 Å². The Morgan fingerprint density at radius 1 is 1.24 bits per heavy atom. The number of hydrogen-bond acceptors (Lipinski definition) is 2. The average Bonchev–Trinajstić information content (AvgIpc) is 2.48. The Morgan fingerprint density at radius 3 is 2.62 bits per heavy atom. The van der Waals surface area contributed by atoms with E-state index in [0.717, 1.165) is 16.9 Å². The van der Waals surface area contributed by atoms with Crippen molar-refractivity contribution in [1.82, 2.24) is 5.32 Å².